The zero-order valence-electron chi connectivity index (χ0n) is 7.34. The molecule has 11 heavy (non-hydrogen) atoms. The Balaban J connectivity index is 1.81. The van der Waals surface area contributed by atoms with E-state index in [-0.39, 0.29) is 0 Å². The molecule has 0 amide bonds. The Labute approximate surface area is 69.0 Å². The lowest BCUT2D eigenvalue weighted by atomic mass is 10.1. The fourth-order valence-electron chi connectivity index (χ4n) is 1.96. The molecule has 0 aromatic rings. The smallest absolute Gasteiger partial charge is 0.0220 e. The molecule has 0 aromatic carbocycles. The van der Waals surface area contributed by atoms with Crippen LogP contribution >= 0.6 is 0 Å². The molecule has 0 bridgehead atoms. The van der Waals surface area contributed by atoms with Gasteiger partial charge in [-0.2, -0.15) is 0 Å². The minimum absolute atomic E-state index is 0.830. The Bertz CT molecular complexity index is 126. The maximum atomic E-state index is 3.46. The second-order valence-corrected chi connectivity index (χ2v) is 3.90. The lowest BCUT2D eigenvalue weighted by Crippen LogP contribution is -2.44. The SMILES string of the molecule is CN(C1CC1)[C@@H]1CCCNC1. The van der Waals surface area contributed by atoms with Gasteiger partial charge in [0.25, 0.3) is 0 Å². The maximum Gasteiger partial charge on any atom is 0.0220 e. The summed E-state index contributed by atoms with van der Waals surface area (Å²) in [7, 11) is 2.29. The van der Waals surface area contributed by atoms with Crippen LogP contribution in [-0.2, 0) is 0 Å². The van der Waals surface area contributed by atoms with Crippen molar-refractivity contribution in [2.75, 3.05) is 20.1 Å². The largest absolute Gasteiger partial charge is 0.315 e. The van der Waals surface area contributed by atoms with Gasteiger partial charge in [-0.1, -0.05) is 0 Å². The number of piperidine rings is 1. The van der Waals surface area contributed by atoms with Gasteiger partial charge in [-0.15, -0.1) is 0 Å². The number of hydrogen-bond acceptors (Lipinski definition) is 2. The van der Waals surface area contributed by atoms with Crippen molar-refractivity contribution in [1.29, 1.82) is 0 Å². The number of nitrogens with zero attached hydrogens (tertiary/aromatic N) is 1. The molecule has 0 unspecified atom stereocenters. The molecule has 2 fully saturated rings. The highest BCUT2D eigenvalue weighted by atomic mass is 15.2. The molecule has 2 aliphatic rings. The van der Waals surface area contributed by atoms with Gasteiger partial charge in [0.05, 0.1) is 0 Å². The van der Waals surface area contributed by atoms with Crippen LogP contribution in [0.1, 0.15) is 25.7 Å². The fraction of sp³-hybridized carbons (Fsp3) is 1.00. The van der Waals surface area contributed by atoms with Gasteiger partial charge < -0.3 is 5.32 Å². The number of rotatable bonds is 2. The van der Waals surface area contributed by atoms with Gasteiger partial charge in [-0.25, -0.2) is 0 Å². The van der Waals surface area contributed by atoms with Crippen LogP contribution in [0, 0.1) is 0 Å². The molecule has 1 aliphatic heterocycles. The van der Waals surface area contributed by atoms with Gasteiger partial charge in [0, 0.05) is 18.6 Å². The molecule has 0 spiro atoms. The van der Waals surface area contributed by atoms with E-state index in [9.17, 15) is 0 Å². The lowest BCUT2D eigenvalue weighted by molar-refractivity contribution is 0.195. The summed E-state index contributed by atoms with van der Waals surface area (Å²) in [4.78, 5) is 2.58. The van der Waals surface area contributed by atoms with Crippen molar-refractivity contribution in [1.82, 2.24) is 10.2 Å². The normalized spacial score (nSPS) is 32.7. The van der Waals surface area contributed by atoms with Crippen molar-refractivity contribution in [2.24, 2.45) is 0 Å². The molecule has 1 saturated carbocycles. The van der Waals surface area contributed by atoms with Crippen molar-refractivity contribution in [3.05, 3.63) is 0 Å². The predicted molar refractivity (Wildman–Crippen MR) is 46.7 cm³/mol. The lowest BCUT2D eigenvalue weighted by Gasteiger charge is -2.31. The summed E-state index contributed by atoms with van der Waals surface area (Å²) in [5.74, 6) is 0. The third kappa shape index (κ3) is 1.74. The summed E-state index contributed by atoms with van der Waals surface area (Å²) in [5, 5.41) is 3.46. The average molecular weight is 154 g/mol. The van der Waals surface area contributed by atoms with E-state index in [4.69, 9.17) is 0 Å². The van der Waals surface area contributed by atoms with Crippen molar-refractivity contribution in [2.45, 2.75) is 37.8 Å². The summed E-state index contributed by atoms with van der Waals surface area (Å²) in [6.45, 7) is 2.45. The maximum absolute atomic E-state index is 3.46. The minimum atomic E-state index is 0.830. The van der Waals surface area contributed by atoms with E-state index in [1.165, 1.54) is 38.8 Å². The number of hydrogen-bond donors (Lipinski definition) is 1. The first-order chi connectivity index (χ1) is 5.38. The first-order valence-electron chi connectivity index (χ1n) is 4.80. The van der Waals surface area contributed by atoms with Crippen LogP contribution in [0.4, 0.5) is 0 Å². The van der Waals surface area contributed by atoms with Crippen LogP contribution in [0.25, 0.3) is 0 Å². The zero-order chi connectivity index (χ0) is 7.68. The number of nitrogens with one attached hydrogen (secondary N) is 1. The molecule has 1 saturated heterocycles. The Morgan fingerprint density at radius 1 is 1.18 bits per heavy atom. The van der Waals surface area contributed by atoms with Gasteiger partial charge in [0.15, 0.2) is 0 Å². The van der Waals surface area contributed by atoms with Crippen LogP contribution in [0.2, 0.25) is 0 Å². The zero-order valence-corrected chi connectivity index (χ0v) is 7.34. The van der Waals surface area contributed by atoms with E-state index in [1.807, 2.05) is 0 Å². The molecule has 1 atom stereocenters. The summed E-state index contributed by atoms with van der Waals surface area (Å²) in [5.41, 5.74) is 0. The van der Waals surface area contributed by atoms with Gasteiger partial charge in [0.1, 0.15) is 0 Å². The van der Waals surface area contributed by atoms with Crippen molar-refractivity contribution in [3.63, 3.8) is 0 Å². The molecule has 64 valence electrons. The highest BCUT2D eigenvalue weighted by Gasteiger charge is 2.31. The molecule has 1 aliphatic carbocycles. The summed E-state index contributed by atoms with van der Waals surface area (Å²) in [6, 6.07) is 1.76. The second-order valence-electron chi connectivity index (χ2n) is 3.90. The topological polar surface area (TPSA) is 15.3 Å². The van der Waals surface area contributed by atoms with Crippen LogP contribution in [0.15, 0.2) is 0 Å². The van der Waals surface area contributed by atoms with Gasteiger partial charge in [-0.05, 0) is 39.3 Å². The summed E-state index contributed by atoms with van der Waals surface area (Å²) >= 11 is 0. The molecule has 0 aromatic heterocycles. The highest BCUT2D eigenvalue weighted by molar-refractivity contribution is 4.88. The molecule has 1 N–H and O–H groups in total. The van der Waals surface area contributed by atoms with E-state index in [2.05, 4.69) is 17.3 Å². The van der Waals surface area contributed by atoms with Crippen molar-refractivity contribution in [3.8, 4) is 0 Å². The van der Waals surface area contributed by atoms with E-state index in [0.717, 1.165) is 12.1 Å². The first kappa shape index (κ1) is 7.56. The first-order valence-corrected chi connectivity index (χ1v) is 4.80. The summed E-state index contributed by atoms with van der Waals surface area (Å²) < 4.78 is 0. The molecular formula is C9H18N2. The highest BCUT2D eigenvalue weighted by Crippen LogP contribution is 2.28. The molecular weight excluding hydrogens is 136 g/mol. The Kier molecular flexibility index (Phi) is 2.14. The van der Waals surface area contributed by atoms with Crippen molar-refractivity contribution >= 4 is 0 Å². The number of likely N-dealkylation sites (N-methyl/N-ethyl adjacent to an activating group) is 1. The Morgan fingerprint density at radius 3 is 2.55 bits per heavy atom. The minimum Gasteiger partial charge on any atom is -0.315 e. The van der Waals surface area contributed by atoms with Gasteiger partial charge >= 0.3 is 0 Å². The fourth-order valence-corrected chi connectivity index (χ4v) is 1.96. The second kappa shape index (κ2) is 3.11. The quantitative estimate of drug-likeness (QED) is 0.634. The van der Waals surface area contributed by atoms with E-state index in [0.29, 0.717) is 0 Å². The average Bonchev–Trinajstić information content (AvgIpc) is 2.87. The van der Waals surface area contributed by atoms with Crippen LogP contribution < -0.4 is 5.32 Å². The van der Waals surface area contributed by atoms with E-state index >= 15 is 0 Å². The van der Waals surface area contributed by atoms with Crippen molar-refractivity contribution < 1.29 is 0 Å². The van der Waals surface area contributed by atoms with Gasteiger partial charge in [0.2, 0.25) is 0 Å². The van der Waals surface area contributed by atoms with Crippen LogP contribution in [-0.4, -0.2) is 37.1 Å². The standard InChI is InChI=1S/C9H18N2/c1-11(8-4-5-8)9-3-2-6-10-7-9/h8-10H,2-7H2,1H3/t9-/m1/s1. The third-order valence-electron chi connectivity index (χ3n) is 2.97. The molecule has 2 nitrogen and oxygen atoms in total. The molecule has 1 heterocycles. The van der Waals surface area contributed by atoms with Crippen LogP contribution in [0.5, 0.6) is 0 Å². The molecule has 2 rings (SSSR count). The Hall–Kier alpha value is -0.0800. The van der Waals surface area contributed by atoms with E-state index < -0.39 is 0 Å². The predicted octanol–water partition coefficient (Wildman–Crippen LogP) is 0.833. The molecule has 2 heteroatoms. The van der Waals surface area contributed by atoms with E-state index in [1.54, 1.807) is 0 Å². The Morgan fingerprint density at radius 2 is 2.00 bits per heavy atom. The van der Waals surface area contributed by atoms with Crippen LogP contribution in [0.3, 0.4) is 0 Å². The monoisotopic (exact) mass is 154 g/mol. The summed E-state index contributed by atoms with van der Waals surface area (Å²) in [6.07, 6.45) is 5.64. The third-order valence-corrected chi connectivity index (χ3v) is 2.97. The van der Waals surface area contributed by atoms with Gasteiger partial charge in [-0.3, -0.25) is 4.90 Å². The molecule has 0 radical (unpaired) electrons.